The van der Waals surface area contributed by atoms with Crippen LogP contribution in [0.3, 0.4) is 0 Å². The molecule has 0 saturated heterocycles. The van der Waals surface area contributed by atoms with E-state index >= 15 is 0 Å². The van der Waals surface area contributed by atoms with E-state index in [0.717, 1.165) is 22.0 Å². The zero-order valence-corrected chi connectivity index (χ0v) is 11.6. The summed E-state index contributed by atoms with van der Waals surface area (Å²) in [5, 5.41) is 1.87. The average molecular weight is 282 g/mol. The maximum absolute atomic E-state index is 13.4. The molecule has 3 rings (SSSR count). The summed E-state index contributed by atoms with van der Waals surface area (Å²) < 4.78 is 19.2. The van der Waals surface area contributed by atoms with Crippen molar-refractivity contribution in [2.75, 3.05) is 0 Å². The first-order valence-corrected chi connectivity index (χ1v) is 6.70. The highest BCUT2D eigenvalue weighted by molar-refractivity contribution is 5.87. The SMILES string of the molecule is Cc1ccc(F)cc1Oc1nc(CN)cc2ccccc12. The van der Waals surface area contributed by atoms with Gasteiger partial charge in [0.15, 0.2) is 0 Å². The van der Waals surface area contributed by atoms with E-state index in [-0.39, 0.29) is 5.82 Å². The number of fused-ring (bicyclic) bond motifs is 1. The van der Waals surface area contributed by atoms with Gasteiger partial charge in [-0.3, -0.25) is 0 Å². The minimum atomic E-state index is -0.338. The number of halogens is 1. The summed E-state index contributed by atoms with van der Waals surface area (Å²) in [7, 11) is 0. The molecule has 0 aliphatic carbocycles. The zero-order valence-electron chi connectivity index (χ0n) is 11.6. The van der Waals surface area contributed by atoms with E-state index in [1.54, 1.807) is 6.07 Å². The summed E-state index contributed by atoms with van der Waals surface area (Å²) in [4.78, 5) is 4.42. The fourth-order valence-corrected chi connectivity index (χ4v) is 2.19. The fraction of sp³-hybridized carbons (Fsp3) is 0.118. The van der Waals surface area contributed by atoms with Crippen molar-refractivity contribution in [1.29, 1.82) is 0 Å². The van der Waals surface area contributed by atoms with Gasteiger partial charge in [-0.1, -0.05) is 24.3 Å². The third kappa shape index (κ3) is 2.71. The number of hydrogen-bond acceptors (Lipinski definition) is 3. The molecule has 2 aromatic carbocycles. The van der Waals surface area contributed by atoms with Gasteiger partial charge in [-0.25, -0.2) is 9.37 Å². The first kappa shape index (κ1) is 13.5. The maximum atomic E-state index is 13.4. The van der Waals surface area contributed by atoms with Gasteiger partial charge in [-0.15, -0.1) is 0 Å². The van der Waals surface area contributed by atoms with Crippen molar-refractivity contribution in [3.05, 3.63) is 65.6 Å². The van der Waals surface area contributed by atoms with Crippen LogP contribution in [0.1, 0.15) is 11.3 Å². The van der Waals surface area contributed by atoms with Crippen molar-refractivity contribution in [2.24, 2.45) is 5.73 Å². The Bertz CT molecular complexity index is 802. The molecule has 4 heteroatoms. The molecule has 0 atom stereocenters. The second kappa shape index (κ2) is 5.50. The predicted octanol–water partition coefficient (Wildman–Crippen LogP) is 3.93. The summed E-state index contributed by atoms with van der Waals surface area (Å²) >= 11 is 0. The summed E-state index contributed by atoms with van der Waals surface area (Å²) in [5.41, 5.74) is 7.26. The van der Waals surface area contributed by atoms with Crippen LogP contribution in [0.5, 0.6) is 11.6 Å². The predicted molar refractivity (Wildman–Crippen MR) is 80.8 cm³/mol. The molecule has 106 valence electrons. The average Bonchev–Trinajstić information content (AvgIpc) is 2.50. The Balaban J connectivity index is 2.13. The van der Waals surface area contributed by atoms with Gasteiger partial charge in [0, 0.05) is 18.0 Å². The fourth-order valence-electron chi connectivity index (χ4n) is 2.19. The van der Waals surface area contributed by atoms with Crippen molar-refractivity contribution < 1.29 is 9.13 Å². The lowest BCUT2D eigenvalue weighted by Gasteiger charge is -2.11. The van der Waals surface area contributed by atoms with Crippen molar-refractivity contribution in [2.45, 2.75) is 13.5 Å². The molecular formula is C17H15FN2O. The van der Waals surface area contributed by atoms with Crippen molar-refractivity contribution in [1.82, 2.24) is 4.98 Å². The number of pyridine rings is 1. The third-order valence-electron chi connectivity index (χ3n) is 3.32. The minimum Gasteiger partial charge on any atom is -0.438 e. The van der Waals surface area contributed by atoms with E-state index in [2.05, 4.69) is 4.98 Å². The van der Waals surface area contributed by atoms with E-state index in [0.29, 0.717) is 18.2 Å². The number of ether oxygens (including phenoxy) is 1. The summed E-state index contributed by atoms with van der Waals surface area (Å²) in [6.07, 6.45) is 0. The molecule has 2 N–H and O–H groups in total. The van der Waals surface area contributed by atoms with Gasteiger partial charge < -0.3 is 10.5 Å². The standard InChI is InChI=1S/C17H15FN2O/c1-11-6-7-13(18)9-16(11)21-17-15-5-3-2-4-12(15)8-14(10-19)20-17/h2-9H,10,19H2,1H3. The van der Waals surface area contributed by atoms with E-state index < -0.39 is 0 Å². The molecule has 0 aliphatic heterocycles. The molecule has 0 unspecified atom stereocenters. The van der Waals surface area contributed by atoms with Gasteiger partial charge in [-0.2, -0.15) is 0 Å². The lowest BCUT2D eigenvalue weighted by Crippen LogP contribution is -2.01. The van der Waals surface area contributed by atoms with Gasteiger partial charge in [0.1, 0.15) is 11.6 Å². The van der Waals surface area contributed by atoms with Crippen LogP contribution in [0.2, 0.25) is 0 Å². The summed E-state index contributed by atoms with van der Waals surface area (Å²) in [6.45, 7) is 2.19. The van der Waals surface area contributed by atoms with E-state index in [9.17, 15) is 4.39 Å². The van der Waals surface area contributed by atoms with Crippen LogP contribution in [0.4, 0.5) is 4.39 Å². The molecular weight excluding hydrogens is 267 g/mol. The van der Waals surface area contributed by atoms with Gasteiger partial charge >= 0.3 is 0 Å². The van der Waals surface area contributed by atoms with Crippen LogP contribution in [-0.4, -0.2) is 4.98 Å². The number of aromatic nitrogens is 1. The molecule has 0 saturated carbocycles. The summed E-state index contributed by atoms with van der Waals surface area (Å²) in [5.74, 6) is 0.568. The molecule has 0 spiro atoms. The maximum Gasteiger partial charge on any atom is 0.227 e. The van der Waals surface area contributed by atoms with Crippen LogP contribution in [0, 0.1) is 12.7 Å². The number of nitrogens with zero attached hydrogens (tertiary/aromatic N) is 1. The first-order valence-electron chi connectivity index (χ1n) is 6.70. The Morgan fingerprint density at radius 1 is 1.14 bits per heavy atom. The molecule has 21 heavy (non-hydrogen) atoms. The third-order valence-corrected chi connectivity index (χ3v) is 3.32. The highest BCUT2D eigenvalue weighted by Gasteiger charge is 2.10. The monoisotopic (exact) mass is 282 g/mol. The molecule has 0 fully saturated rings. The van der Waals surface area contributed by atoms with Gasteiger partial charge in [0.05, 0.1) is 5.69 Å². The second-order valence-corrected chi connectivity index (χ2v) is 4.86. The molecule has 0 aliphatic rings. The molecule has 1 aromatic heterocycles. The Hall–Kier alpha value is -2.46. The van der Waals surface area contributed by atoms with Crippen LogP contribution in [0.25, 0.3) is 10.8 Å². The lowest BCUT2D eigenvalue weighted by atomic mass is 10.1. The molecule has 1 heterocycles. The Labute approximate surface area is 122 Å². The van der Waals surface area contributed by atoms with Gasteiger partial charge in [-0.05, 0) is 36.1 Å². The molecule has 0 bridgehead atoms. The van der Waals surface area contributed by atoms with E-state index in [4.69, 9.17) is 10.5 Å². The summed E-state index contributed by atoms with van der Waals surface area (Å²) in [6, 6.07) is 14.1. The van der Waals surface area contributed by atoms with E-state index in [1.807, 2.05) is 37.3 Å². The Morgan fingerprint density at radius 3 is 2.76 bits per heavy atom. The van der Waals surface area contributed by atoms with Crippen LogP contribution in [-0.2, 0) is 6.54 Å². The van der Waals surface area contributed by atoms with Crippen LogP contribution < -0.4 is 10.5 Å². The van der Waals surface area contributed by atoms with E-state index in [1.165, 1.54) is 12.1 Å². The van der Waals surface area contributed by atoms with Crippen LogP contribution >= 0.6 is 0 Å². The molecule has 3 aromatic rings. The number of rotatable bonds is 3. The van der Waals surface area contributed by atoms with Crippen molar-refractivity contribution >= 4 is 10.8 Å². The Morgan fingerprint density at radius 2 is 1.95 bits per heavy atom. The quantitative estimate of drug-likeness (QED) is 0.791. The van der Waals surface area contributed by atoms with Crippen LogP contribution in [0.15, 0.2) is 48.5 Å². The highest BCUT2D eigenvalue weighted by Crippen LogP contribution is 2.30. The first-order chi connectivity index (χ1) is 10.2. The topological polar surface area (TPSA) is 48.1 Å². The number of aryl methyl sites for hydroxylation is 1. The highest BCUT2D eigenvalue weighted by atomic mass is 19.1. The minimum absolute atomic E-state index is 0.323. The van der Waals surface area contributed by atoms with Crippen molar-refractivity contribution in [3.8, 4) is 11.6 Å². The number of hydrogen-bond donors (Lipinski definition) is 1. The Kier molecular flexibility index (Phi) is 3.54. The second-order valence-electron chi connectivity index (χ2n) is 4.86. The number of nitrogens with two attached hydrogens (primary N) is 1. The zero-order chi connectivity index (χ0) is 14.8. The van der Waals surface area contributed by atoms with Crippen molar-refractivity contribution in [3.63, 3.8) is 0 Å². The van der Waals surface area contributed by atoms with Gasteiger partial charge in [0.2, 0.25) is 5.88 Å². The molecule has 0 radical (unpaired) electrons. The molecule has 0 amide bonds. The lowest BCUT2D eigenvalue weighted by molar-refractivity contribution is 0.458. The largest absolute Gasteiger partial charge is 0.438 e. The molecule has 3 nitrogen and oxygen atoms in total. The normalized spacial score (nSPS) is 10.8. The van der Waals surface area contributed by atoms with Gasteiger partial charge in [0.25, 0.3) is 0 Å². The number of benzene rings is 2. The smallest absolute Gasteiger partial charge is 0.227 e.